The maximum atomic E-state index is 13.1. The van der Waals surface area contributed by atoms with Crippen LogP contribution >= 0.6 is 0 Å². The molecule has 0 aliphatic carbocycles. The highest BCUT2D eigenvalue weighted by Crippen LogP contribution is 2.14. The first-order chi connectivity index (χ1) is 9.60. The van der Waals surface area contributed by atoms with E-state index in [1.54, 1.807) is 13.0 Å². The van der Waals surface area contributed by atoms with Crippen molar-refractivity contribution in [1.29, 1.82) is 0 Å². The summed E-state index contributed by atoms with van der Waals surface area (Å²) < 4.78 is 13.1. The topological polar surface area (TPSA) is 66.9 Å². The Labute approximate surface area is 116 Å². The van der Waals surface area contributed by atoms with Crippen molar-refractivity contribution in [2.75, 3.05) is 17.2 Å². The highest BCUT2D eigenvalue weighted by molar-refractivity contribution is 6.02. The fraction of sp³-hybridized carbons (Fsp3) is 0.214. The van der Waals surface area contributed by atoms with Gasteiger partial charge in [0.15, 0.2) is 0 Å². The molecule has 1 amide bonds. The number of hydrogen-bond acceptors (Lipinski definition) is 4. The lowest BCUT2D eigenvalue weighted by molar-refractivity contribution is 0.102. The number of rotatable bonds is 4. The molecule has 104 valence electrons. The van der Waals surface area contributed by atoms with Gasteiger partial charge in [0, 0.05) is 12.2 Å². The number of carbonyl (C=O) groups is 1. The van der Waals surface area contributed by atoms with E-state index in [4.69, 9.17) is 0 Å². The number of amides is 1. The Balaban J connectivity index is 2.09. The van der Waals surface area contributed by atoms with Gasteiger partial charge < -0.3 is 10.6 Å². The summed E-state index contributed by atoms with van der Waals surface area (Å²) in [6.07, 6.45) is 2.89. The number of nitrogens with one attached hydrogen (secondary N) is 2. The van der Waals surface area contributed by atoms with Crippen LogP contribution in [0.15, 0.2) is 30.6 Å². The van der Waals surface area contributed by atoms with Crippen LogP contribution in [-0.4, -0.2) is 22.4 Å². The van der Waals surface area contributed by atoms with Crippen molar-refractivity contribution >= 4 is 17.4 Å². The molecule has 0 saturated carbocycles. The minimum absolute atomic E-state index is 0.202. The molecule has 5 nitrogen and oxygen atoms in total. The molecule has 0 spiro atoms. The third kappa shape index (κ3) is 3.28. The number of hydrogen-bond donors (Lipinski definition) is 2. The van der Waals surface area contributed by atoms with Gasteiger partial charge in [-0.25, -0.2) is 14.4 Å². The fourth-order valence-corrected chi connectivity index (χ4v) is 1.64. The molecule has 0 radical (unpaired) electrons. The van der Waals surface area contributed by atoms with E-state index in [0.717, 1.165) is 6.54 Å². The first-order valence-electron chi connectivity index (χ1n) is 6.23. The van der Waals surface area contributed by atoms with Gasteiger partial charge in [0.25, 0.3) is 5.91 Å². The number of carbonyl (C=O) groups excluding carboxylic acids is 1. The molecule has 0 bridgehead atoms. The summed E-state index contributed by atoms with van der Waals surface area (Å²) in [6.45, 7) is 4.31. The van der Waals surface area contributed by atoms with Crippen LogP contribution in [0.2, 0.25) is 0 Å². The van der Waals surface area contributed by atoms with E-state index in [1.807, 2.05) is 6.92 Å². The average Bonchev–Trinajstić information content (AvgIpc) is 2.44. The van der Waals surface area contributed by atoms with Crippen LogP contribution in [0, 0.1) is 12.7 Å². The van der Waals surface area contributed by atoms with Crippen molar-refractivity contribution in [3.8, 4) is 0 Å². The van der Waals surface area contributed by atoms with Gasteiger partial charge >= 0.3 is 0 Å². The Hall–Kier alpha value is -2.50. The molecule has 20 heavy (non-hydrogen) atoms. The molecule has 0 fully saturated rings. The largest absolute Gasteiger partial charge is 0.369 e. The zero-order chi connectivity index (χ0) is 14.5. The second-order valence-electron chi connectivity index (χ2n) is 4.24. The maximum absolute atomic E-state index is 13.1. The van der Waals surface area contributed by atoms with E-state index in [-0.39, 0.29) is 17.4 Å². The second kappa shape index (κ2) is 6.10. The summed E-state index contributed by atoms with van der Waals surface area (Å²) in [6, 6.07) is 4.37. The SMILES string of the molecule is CCNc1cnc(C(=O)Nc2ccc(F)c(C)c2)cn1. The quantitative estimate of drug-likeness (QED) is 0.899. The normalized spacial score (nSPS) is 10.2. The summed E-state index contributed by atoms with van der Waals surface area (Å²) >= 11 is 0. The van der Waals surface area contributed by atoms with Crippen molar-refractivity contribution in [2.45, 2.75) is 13.8 Å². The van der Waals surface area contributed by atoms with Crippen LogP contribution < -0.4 is 10.6 Å². The second-order valence-corrected chi connectivity index (χ2v) is 4.24. The Kier molecular flexibility index (Phi) is 4.24. The first kappa shape index (κ1) is 13.9. The minimum Gasteiger partial charge on any atom is -0.369 e. The highest BCUT2D eigenvalue weighted by Gasteiger charge is 2.09. The molecule has 2 rings (SSSR count). The molecule has 0 unspecified atom stereocenters. The standard InChI is InChI=1S/C14H15FN4O/c1-3-16-13-8-17-12(7-18-13)14(20)19-10-4-5-11(15)9(2)6-10/h4-8H,3H2,1-2H3,(H,16,18)(H,19,20). The number of anilines is 2. The Morgan fingerprint density at radius 2 is 2.10 bits per heavy atom. The lowest BCUT2D eigenvalue weighted by Gasteiger charge is -2.06. The van der Waals surface area contributed by atoms with Crippen molar-refractivity contribution in [1.82, 2.24) is 9.97 Å². The Morgan fingerprint density at radius 1 is 1.30 bits per heavy atom. The Morgan fingerprint density at radius 3 is 2.70 bits per heavy atom. The van der Waals surface area contributed by atoms with Crippen LogP contribution in [0.4, 0.5) is 15.9 Å². The molecule has 2 aromatic rings. The van der Waals surface area contributed by atoms with Crippen molar-refractivity contribution in [3.63, 3.8) is 0 Å². The van der Waals surface area contributed by atoms with E-state index in [2.05, 4.69) is 20.6 Å². The summed E-state index contributed by atoms with van der Waals surface area (Å²) in [4.78, 5) is 20.0. The van der Waals surface area contributed by atoms with Crippen molar-refractivity contribution in [3.05, 3.63) is 47.7 Å². The van der Waals surface area contributed by atoms with Crippen LogP contribution in [-0.2, 0) is 0 Å². The van der Waals surface area contributed by atoms with Gasteiger partial charge in [-0.05, 0) is 37.6 Å². The lowest BCUT2D eigenvalue weighted by atomic mass is 10.2. The van der Waals surface area contributed by atoms with Crippen LogP contribution in [0.25, 0.3) is 0 Å². The third-order valence-electron chi connectivity index (χ3n) is 2.66. The number of benzene rings is 1. The molecular formula is C14H15FN4O. The van der Waals surface area contributed by atoms with Gasteiger partial charge in [-0.3, -0.25) is 4.79 Å². The fourth-order valence-electron chi connectivity index (χ4n) is 1.64. The number of nitrogens with zero attached hydrogens (tertiary/aromatic N) is 2. The summed E-state index contributed by atoms with van der Waals surface area (Å²) in [5, 5.41) is 5.64. The number of halogens is 1. The average molecular weight is 274 g/mol. The molecule has 0 aliphatic rings. The molecule has 2 N–H and O–H groups in total. The first-order valence-corrected chi connectivity index (χ1v) is 6.23. The summed E-state index contributed by atoms with van der Waals surface area (Å²) in [5.74, 6) is -0.0778. The summed E-state index contributed by atoms with van der Waals surface area (Å²) in [5.41, 5.74) is 1.19. The van der Waals surface area contributed by atoms with Crippen molar-refractivity contribution < 1.29 is 9.18 Å². The molecule has 1 aromatic carbocycles. The molecular weight excluding hydrogens is 259 g/mol. The van der Waals surface area contributed by atoms with E-state index >= 15 is 0 Å². The van der Waals surface area contributed by atoms with Gasteiger partial charge in [0.1, 0.15) is 17.3 Å². The highest BCUT2D eigenvalue weighted by atomic mass is 19.1. The lowest BCUT2D eigenvalue weighted by Crippen LogP contribution is -2.14. The van der Waals surface area contributed by atoms with Crippen molar-refractivity contribution in [2.24, 2.45) is 0 Å². The minimum atomic E-state index is -0.383. The monoisotopic (exact) mass is 274 g/mol. The number of aryl methyl sites for hydroxylation is 1. The maximum Gasteiger partial charge on any atom is 0.275 e. The molecule has 0 aliphatic heterocycles. The molecule has 1 heterocycles. The molecule has 0 saturated heterocycles. The van der Waals surface area contributed by atoms with E-state index in [1.165, 1.54) is 24.5 Å². The third-order valence-corrected chi connectivity index (χ3v) is 2.66. The predicted octanol–water partition coefficient (Wildman–Crippen LogP) is 2.61. The molecule has 6 heteroatoms. The van der Waals surface area contributed by atoms with Gasteiger partial charge in [-0.1, -0.05) is 0 Å². The Bertz CT molecular complexity index is 613. The van der Waals surface area contributed by atoms with Gasteiger partial charge in [-0.15, -0.1) is 0 Å². The van der Waals surface area contributed by atoms with Gasteiger partial charge in [0.2, 0.25) is 0 Å². The predicted molar refractivity (Wildman–Crippen MR) is 75.3 cm³/mol. The smallest absolute Gasteiger partial charge is 0.275 e. The molecule has 0 atom stereocenters. The van der Waals surface area contributed by atoms with Crippen LogP contribution in [0.5, 0.6) is 0 Å². The summed E-state index contributed by atoms with van der Waals surface area (Å²) in [7, 11) is 0. The van der Waals surface area contributed by atoms with E-state index in [9.17, 15) is 9.18 Å². The number of aromatic nitrogens is 2. The molecule has 1 aromatic heterocycles. The van der Waals surface area contributed by atoms with Crippen LogP contribution in [0.1, 0.15) is 23.0 Å². The zero-order valence-electron chi connectivity index (χ0n) is 11.3. The van der Waals surface area contributed by atoms with Gasteiger partial charge in [0.05, 0.1) is 12.4 Å². The zero-order valence-corrected chi connectivity index (χ0v) is 11.3. The van der Waals surface area contributed by atoms with Crippen LogP contribution in [0.3, 0.4) is 0 Å². The van der Waals surface area contributed by atoms with E-state index < -0.39 is 0 Å². The van der Waals surface area contributed by atoms with E-state index in [0.29, 0.717) is 17.1 Å². The van der Waals surface area contributed by atoms with Gasteiger partial charge in [-0.2, -0.15) is 0 Å².